The van der Waals surface area contributed by atoms with Crippen molar-refractivity contribution in [1.82, 2.24) is 0 Å². The van der Waals surface area contributed by atoms with Gasteiger partial charge in [-0.25, -0.2) is 4.85 Å². The minimum atomic E-state index is 0.685. The van der Waals surface area contributed by atoms with Gasteiger partial charge in [-0.1, -0.05) is 97.1 Å². The van der Waals surface area contributed by atoms with Crippen LogP contribution in [0.25, 0.3) is 79.6 Å². The molecule has 0 aliphatic carbocycles. The van der Waals surface area contributed by atoms with Crippen molar-refractivity contribution in [2.75, 3.05) is 0 Å². The van der Waals surface area contributed by atoms with Gasteiger partial charge in [0.2, 0.25) is 0 Å². The van der Waals surface area contributed by atoms with Gasteiger partial charge in [-0.05, 0) is 95.7 Å². The highest BCUT2D eigenvalue weighted by molar-refractivity contribution is 7.25. The highest BCUT2D eigenvalue weighted by atomic mass is 32.1. The van der Waals surface area contributed by atoms with Crippen molar-refractivity contribution in [3.05, 3.63) is 139 Å². The molecule has 0 fully saturated rings. The molecule has 8 rings (SSSR count). The van der Waals surface area contributed by atoms with Crippen LogP contribution in [0, 0.1) is 6.57 Å². The lowest BCUT2D eigenvalue weighted by molar-refractivity contribution is 1.67. The lowest BCUT2D eigenvalue weighted by Crippen LogP contribution is -1.89. The van der Waals surface area contributed by atoms with Crippen molar-refractivity contribution in [2.24, 2.45) is 0 Å². The maximum Gasteiger partial charge on any atom is 0.187 e. The largest absolute Gasteiger partial charge is 0.238 e. The summed E-state index contributed by atoms with van der Waals surface area (Å²) in [5, 5.41) is 9.96. The van der Waals surface area contributed by atoms with Gasteiger partial charge in [0, 0.05) is 9.40 Å². The number of fused-ring (bicyclic) bond motifs is 8. The highest BCUT2D eigenvalue weighted by Gasteiger charge is 2.15. The molecule has 7 aromatic carbocycles. The molecule has 0 amide bonds. The van der Waals surface area contributed by atoms with E-state index in [0.29, 0.717) is 5.69 Å². The van der Waals surface area contributed by atoms with Crippen LogP contribution < -0.4 is 0 Å². The second-order valence-corrected chi connectivity index (χ2v) is 11.1. The smallest absolute Gasteiger partial charge is 0.187 e. The lowest BCUT2D eigenvalue weighted by atomic mass is 9.87. The summed E-state index contributed by atoms with van der Waals surface area (Å²) in [6.45, 7) is 7.49. The molecule has 0 saturated heterocycles. The Morgan fingerprint density at radius 1 is 0.410 bits per heavy atom. The van der Waals surface area contributed by atoms with E-state index in [-0.39, 0.29) is 0 Å². The monoisotopic (exact) mass is 511 g/mol. The summed E-state index contributed by atoms with van der Waals surface area (Å²) < 4.78 is 2.47. The van der Waals surface area contributed by atoms with Crippen LogP contribution in [-0.4, -0.2) is 0 Å². The van der Waals surface area contributed by atoms with Gasteiger partial charge in [0.1, 0.15) is 0 Å². The van der Waals surface area contributed by atoms with Gasteiger partial charge >= 0.3 is 0 Å². The quantitative estimate of drug-likeness (QED) is 0.161. The molecule has 8 aromatic rings. The molecule has 1 nitrogen and oxygen atoms in total. The van der Waals surface area contributed by atoms with Crippen LogP contribution in [0.5, 0.6) is 0 Å². The van der Waals surface area contributed by atoms with Gasteiger partial charge in [-0.3, -0.25) is 0 Å². The third kappa shape index (κ3) is 3.38. The zero-order chi connectivity index (χ0) is 25.9. The molecular formula is C37H21NS. The maximum absolute atomic E-state index is 7.49. The molecule has 180 valence electrons. The van der Waals surface area contributed by atoms with Crippen LogP contribution in [0.3, 0.4) is 0 Å². The predicted molar refractivity (Wildman–Crippen MR) is 169 cm³/mol. The number of rotatable bonds is 2. The average molecular weight is 512 g/mol. The molecule has 0 N–H and O–H groups in total. The Labute approximate surface area is 230 Å². The highest BCUT2D eigenvalue weighted by Crippen LogP contribution is 2.43. The van der Waals surface area contributed by atoms with Gasteiger partial charge in [0.15, 0.2) is 5.69 Å². The second kappa shape index (κ2) is 8.53. The Morgan fingerprint density at radius 2 is 0.949 bits per heavy atom. The molecule has 0 unspecified atom stereocenters. The second-order valence-electron chi connectivity index (χ2n) is 10.0. The van der Waals surface area contributed by atoms with E-state index in [1.54, 1.807) is 11.3 Å². The molecule has 0 atom stereocenters. The van der Waals surface area contributed by atoms with E-state index in [1.807, 2.05) is 12.1 Å². The standard InChI is InChI=1S/C37H21NS/c1-38-25-16-18-37-35(20-25)34-19-24(15-17-36(34)39-37)31-22-33-28-13-7-5-11-26(28)30(23-9-3-2-4-10-23)21-32(33)29-14-8-6-12-27(29)31/h2-22H. The van der Waals surface area contributed by atoms with Crippen LogP contribution in [-0.2, 0) is 0 Å². The zero-order valence-electron chi connectivity index (χ0n) is 21.0. The molecule has 39 heavy (non-hydrogen) atoms. The summed E-state index contributed by atoms with van der Waals surface area (Å²) in [5.74, 6) is 0. The molecule has 0 spiro atoms. The van der Waals surface area contributed by atoms with E-state index in [2.05, 4.69) is 120 Å². The molecule has 0 aliphatic heterocycles. The molecule has 0 aliphatic rings. The molecule has 2 heteroatoms. The Morgan fingerprint density at radius 3 is 1.59 bits per heavy atom. The summed E-state index contributed by atoms with van der Waals surface area (Å²) in [5.41, 5.74) is 5.61. The molecule has 1 aromatic heterocycles. The summed E-state index contributed by atoms with van der Waals surface area (Å²) >= 11 is 1.79. The van der Waals surface area contributed by atoms with Crippen molar-refractivity contribution in [2.45, 2.75) is 0 Å². The fraction of sp³-hybridized carbons (Fsp3) is 0. The fourth-order valence-electron chi connectivity index (χ4n) is 6.05. The van der Waals surface area contributed by atoms with E-state index < -0.39 is 0 Å². The SMILES string of the molecule is [C-]#[N+]c1ccc2sc3ccc(-c4cc5c6ccccc6c(-c6ccccc6)cc5c5ccccc45)cc3c2c1. The van der Waals surface area contributed by atoms with Crippen LogP contribution in [0.15, 0.2) is 127 Å². The van der Waals surface area contributed by atoms with Crippen LogP contribution in [0.4, 0.5) is 5.69 Å². The first kappa shape index (κ1) is 22.1. The first-order valence-electron chi connectivity index (χ1n) is 13.1. The molecule has 0 radical (unpaired) electrons. The van der Waals surface area contributed by atoms with E-state index in [9.17, 15) is 0 Å². The summed E-state index contributed by atoms with van der Waals surface area (Å²) in [6.07, 6.45) is 0. The Hall–Kier alpha value is -4.97. The third-order valence-electron chi connectivity index (χ3n) is 7.86. The van der Waals surface area contributed by atoms with E-state index in [4.69, 9.17) is 6.57 Å². The number of thiophene rings is 1. The Kier molecular flexibility index (Phi) is 4.82. The van der Waals surface area contributed by atoms with Crippen LogP contribution >= 0.6 is 11.3 Å². The number of hydrogen-bond acceptors (Lipinski definition) is 1. The topological polar surface area (TPSA) is 4.36 Å². The van der Waals surface area contributed by atoms with Crippen molar-refractivity contribution >= 4 is 69.5 Å². The minimum absolute atomic E-state index is 0.685. The number of nitrogens with zero attached hydrogens (tertiary/aromatic N) is 1. The average Bonchev–Trinajstić information content (AvgIpc) is 3.37. The summed E-state index contributed by atoms with van der Waals surface area (Å²) in [7, 11) is 0. The first-order valence-corrected chi connectivity index (χ1v) is 13.9. The number of benzene rings is 7. The summed E-state index contributed by atoms with van der Waals surface area (Å²) in [4.78, 5) is 3.68. The van der Waals surface area contributed by atoms with Gasteiger partial charge < -0.3 is 0 Å². The lowest BCUT2D eigenvalue weighted by Gasteiger charge is -2.16. The van der Waals surface area contributed by atoms with Gasteiger partial charge in [-0.2, -0.15) is 0 Å². The first-order chi connectivity index (χ1) is 19.3. The normalized spacial score (nSPS) is 11.6. The number of hydrogen-bond donors (Lipinski definition) is 0. The van der Waals surface area contributed by atoms with Crippen molar-refractivity contribution in [3.8, 4) is 22.3 Å². The van der Waals surface area contributed by atoms with E-state index >= 15 is 0 Å². The third-order valence-corrected chi connectivity index (χ3v) is 9.01. The predicted octanol–water partition coefficient (Wildman–Crippen LogP) is 11.4. The molecule has 1 heterocycles. The molecule has 0 saturated carbocycles. The van der Waals surface area contributed by atoms with Gasteiger partial charge in [0.25, 0.3) is 0 Å². The van der Waals surface area contributed by atoms with Crippen molar-refractivity contribution < 1.29 is 0 Å². The van der Waals surface area contributed by atoms with Crippen molar-refractivity contribution in [3.63, 3.8) is 0 Å². The minimum Gasteiger partial charge on any atom is -0.238 e. The summed E-state index contributed by atoms with van der Waals surface area (Å²) in [6, 6.07) is 45.8. The van der Waals surface area contributed by atoms with Crippen LogP contribution in [0.1, 0.15) is 0 Å². The zero-order valence-corrected chi connectivity index (χ0v) is 21.8. The van der Waals surface area contributed by atoms with Gasteiger partial charge in [-0.15, -0.1) is 11.3 Å². The van der Waals surface area contributed by atoms with Crippen LogP contribution in [0.2, 0.25) is 0 Å². The van der Waals surface area contributed by atoms with E-state index in [0.717, 1.165) is 5.39 Å². The van der Waals surface area contributed by atoms with Crippen molar-refractivity contribution in [1.29, 1.82) is 0 Å². The fourth-order valence-corrected chi connectivity index (χ4v) is 7.12. The van der Waals surface area contributed by atoms with E-state index in [1.165, 1.54) is 69.4 Å². The Balaban J connectivity index is 1.47. The molecule has 0 bridgehead atoms. The maximum atomic E-state index is 7.49. The Bertz CT molecular complexity index is 2280. The van der Waals surface area contributed by atoms with Gasteiger partial charge in [0.05, 0.1) is 6.57 Å². The molecular weight excluding hydrogens is 490 g/mol.